The maximum Gasteiger partial charge on any atom is 0.421 e. The van der Waals surface area contributed by atoms with Crippen molar-refractivity contribution in [3.63, 3.8) is 0 Å². The number of fused-ring (bicyclic) bond motifs is 1. The van der Waals surface area contributed by atoms with Crippen LogP contribution in [0.25, 0.3) is 0 Å². The summed E-state index contributed by atoms with van der Waals surface area (Å²) in [4.78, 5) is 35.9. The molecule has 3 fully saturated rings. The van der Waals surface area contributed by atoms with Gasteiger partial charge in [-0.1, -0.05) is 6.07 Å². The molecule has 3 atom stereocenters. The Morgan fingerprint density at radius 1 is 1.00 bits per heavy atom. The number of aromatic nitrogens is 4. The zero-order valence-electron chi connectivity index (χ0n) is 27.5. The first-order chi connectivity index (χ1) is 23.6. The minimum atomic E-state index is -4.57. The summed E-state index contributed by atoms with van der Waals surface area (Å²) in [5.74, 6) is 1.59. The van der Waals surface area contributed by atoms with Crippen molar-refractivity contribution in [3.8, 4) is 5.88 Å². The van der Waals surface area contributed by atoms with Crippen molar-refractivity contribution in [2.75, 3.05) is 61.5 Å². The number of piperidine rings is 2. The van der Waals surface area contributed by atoms with E-state index in [4.69, 9.17) is 9.72 Å². The van der Waals surface area contributed by atoms with Crippen molar-refractivity contribution in [1.29, 1.82) is 0 Å². The van der Waals surface area contributed by atoms with Crippen molar-refractivity contribution in [2.24, 2.45) is 5.92 Å². The second-order valence-corrected chi connectivity index (χ2v) is 13.5. The lowest BCUT2D eigenvalue weighted by atomic mass is 9.90. The SMILES string of the molecule is COc1ncc(N2CCc3ncnc(N[C@H]4CCN(CC5CCN(c6ccc(C7CCC(=O)NC7O)cn6)CC5)C4)c3C2)cc1C(F)(F)F. The molecule has 0 aliphatic carbocycles. The number of amides is 1. The molecule has 0 spiro atoms. The number of carbonyl (C=O) groups is 1. The summed E-state index contributed by atoms with van der Waals surface area (Å²) in [6.45, 7) is 5.71. The van der Waals surface area contributed by atoms with Gasteiger partial charge >= 0.3 is 6.18 Å². The molecule has 3 aromatic heterocycles. The number of methoxy groups -OCH3 is 1. The smallest absolute Gasteiger partial charge is 0.421 e. The van der Waals surface area contributed by atoms with Crippen molar-refractivity contribution in [1.82, 2.24) is 30.2 Å². The summed E-state index contributed by atoms with van der Waals surface area (Å²) in [6.07, 6.45) is 4.14. The highest BCUT2D eigenvalue weighted by atomic mass is 19.4. The monoisotopic (exact) mass is 681 g/mol. The standard InChI is InChI=1S/C34H42F3N9O3/c1-49-33-27(34(35,36)37)14-24(16-39-33)46-13-9-28-26(19-46)31(41-20-40-28)42-23-8-10-44(18-23)17-21-6-11-45(12-7-21)29-4-2-22(15-38-29)25-3-5-30(47)43-32(25)48/h2,4,14-16,20-21,23,25,32,48H,3,5-13,17-19H2,1H3,(H,43,47)(H,40,41,42)/t23-,25?,32?/m0/s1. The van der Waals surface area contributed by atoms with Gasteiger partial charge in [-0.25, -0.2) is 19.9 Å². The van der Waals surface area contributed by atoms with Crippen LogP contribution in [0.4, 0.5) is 30.5 Å². The van der Waals surface area contributed by atoms with E-state index < -0.39 is 23.8 Å². The highest BCUT2D eigenvalue weighted by molar-refractivity contribution is 5.77. The summed E-state index contributed by atoms with van der Waals surface area (Å²) >= 11 is 0. The van der Waals surface area contributed by atoms with Crippen molar-refractivity contribution < 1.29 is 27.8 Å². The molecule has 7 rings (SSSR count). The molecular weight excluding hydrogens is 639 g/mol. The number of likely N-dealkylation sites (tertiary alicyclic amines) is 1. The first kappa shape index (κ1) is 33.3. The number of nitrogens with zero attached hydrogens (tertiary/aromatic N) is 7. The van der Waals surface area contributed by atoms with Crippen molar-refractivity contribution in [3.05, 3.63) is 59.3 Å². The zero-order valence-corrected chi connectivity index (χ0v) is 27.5. The molecule has 7 heterocycles. The number of anilines is 3. The maximum absolute atomic E-state index is 13.7. The van der Waals surface area contributed by atoms with Crippen molar-refractivity contribution >= 4 is 23.2 Å². The normalized spacial score (nSPS) is 23.7. The quantitative estimate of drug-likeness (QED) is 0.323. The lowest BCUT2D eigenvalue weighted by Gasteiger charge is -2.35. The summed E-state index contributed by atoms with van der Waals surface area (Å²) in [7, 11) is 1.19. The number of hydrogen-bond donors (Lipinski definition) is 3. The Kier molecular flexibility index (Phi) is 9.46. The van der Waals surface area contributed by atoms with Crippen LogP contribution in [0, 0.1) is 5.92 Å². The second kappa shape index (κ2) is 13.9. The Labute approximate surface area is 283 Å². The number of aliphatic hydroxyl groups is 1. The highest BCUT2D eigenvalue weighted by Crippen LogP contribution is 2.38. The third-order valence-electron chi connectivity index (χ3n) is 10.3. The van der Waals surface area contributed by atoms with Crippen molar-refractivity contribution in [2.45, 2.75) is 69.4 Å². The van der Waals surface area contributed by atoms with E-state index in [0.29, 0.717) is 44.0 Å². The Bertz CT molecular complexity index is 1640. The Hall–Kier alpha value is -4.24. The summed E-state index contributed by atoms with van der Waals surface area (Å²) < 4.78 is 45.9. The largest absolute Gasteiger partial charge is 0.481 e. The minimum absolute atomic E-state index is 0.118. The lowest BCUT2D eigenvalue weighted by molar-refractivity contribution is -0.139. The third-order valence-corrected chi connectivity index (χ3v) is 10.3. The summed E-state index contributed by atoms with van der Waals surface area (Å²) in [5.41, 5.74) is 2.26. The number of pyridine rings is 2. The first-order valence-corrected chi connectivity index (χ1v) is 17.0. The van der Waals surface area contributed by atoms with Gasteiger partial charge in [-0.3, -0.25) is 4.79 Å². The number of hydrogen-bond acceptors (Lipinski definition) is 11. The predicted octanol–water partition coefficient (Wildman–Crippen LogP) is 3.57. The van der Waals surface area contributed by atoms with Crippen LogP contribution in [0.3, 0.4) is 0 Å². The second-order valence-electron chi connectivity index (χ2n) is 13.5. The van der Waals surface area contributed by atoms with E-state index >= 15 is 0 Å². The molecule has 49 heavy (non-hydrogen) atoms. The topological polar surface area (TPSA) is 132 Å². The molecule has 0 radical (unpaired) electrons. The van der Waals surface area contributed by atoms with Crippen LogP contribution in [0.15, 0.2) is 36.9 Å². The van der Waals surface area contributed by atoms with Gasteiger partial charge < -0.3 is 35.2 Å². The van der Waals surface area contributed by atoms with E-state index in [9.17, 15) is 23.1 Å². The lowest BCUT2D eigenvalue weighted by Crippen LogP contribution is -2.43. The van der Waals surface area contributed by atoms with E-state index in [-0.39, 0.29) is 17.9 Å². The van der Waals surface area contributed by atoms with E-state index in [1.807, 2.05) is 23.2 Å². The van der Waals surface area contributed by atoms with E-state index in [1.165, 1.54) is 13.3 Å². The van der Waals surface area contributed by atoms with Gasteiger partial charge in [0.2, 0.25) is 11.8 Å². The molecule has 12 nitrogen and oxygen atoms in total. The number of aliphatic hydroxyl groups excluding tert-OH is 1. The minimum Gasteiger partial charge on any atom is -0.481 e. The Morgan fingerprint density at radius 2 is 1.84 bits per heavy atom. The Morgan fingerprint density at radius 3 is 2.57 bits per heavy atom. The van der Waals surface area contributed by atoms with E-state index in [1.54, 1.807) is 6.33 Å². The average molecular weight is 682 g/mol. The van der Waals surface area contributed by atoms with Crippen LogP contribution in [-0.2, 0) is 23.9 Å². The van der Waals surface area contributed by atoms with Gasteiger partial charge in [-0.05, 0) is 49.3 Å². The van der Waals surface area contributed by atoms with Crippen LogP contribution >= 0.6 is 0 Å². The van der Waals surface area contributed by atoms with Gasteiger partial charge in [-0.2, -0.15) is 13.2 Å². The van der Waals surface area contributed by atoms with Gasteiger partial charge in [0.1, 0.15) is 29.8 Å². The molecule has 4 aliphatic rings. The fourth-order valence-corrected chi connectivity index (χ4v) is 7.62. The molecule has 3 N–H and O–H groups in total. The summed E-state index contributed by atoms with van der Waals surface area (Å²) in [5, 5.41) is 16.5. The third kappa shape index (κ3) is 7.37. The molecule has 1 amide bonds. The molecule has 0 aromatic carbocycles. The molecule has 262 valence electrons. The van der Waals surface area contributed by atoms with Gasteiger partial charge in [0.25, 0.3) is 0 Å². The number of carbonyl (C=O) groups excluding carboxylic acids is 1. The van der Waals surface area contributed by atoms with E-state index in [2.05, 4.69) is 35.4 Å². The number of ether oxygens (including phenoxy) is 1. The number of alkyl halides is 3. The molecule has 3 aromatic rings. The number of halogens is 3. The van der Waals surface area contributed by atoms with E-state index in [0.717, 1.165) is 86.5 Å². The first-order valence-electron chi connectivity index (χ1n) is 17.0. The van der Waals surface area contributed by atoms with Gasteiger partial charge in [0, 0.05) is 82.4 Å². The Balaban J connectivity index is 0.911. The predicted molar refractivity (Wildman–Crippen MR) is 176 cm³/mol. The number of nitrogens with one attached hydrogen (secondary N) is 2. The van der Waals surface area contributed by atoms with Crippen LogP contribution in [0.2, 0.25) is 0 Å². The van der Waals surface area contributed by atoms with Crippen LogP contribution in [-0.4, -0.2) is 94.5 Å². The number of rotatable bonds is 8. The molecule has 0 saturated carbocycles. The fraction of sp³-hybridized carbons (Fsp3) is 0.559. The fourth-order valence-electron chi connectivity index (χ4n) is 7.62. The van der Waals surface area contributed by atoms with Gasteiger partial charge in [0.05, 0.1) is 24.7 Å². The van der Waals surface area contributed by atoms with Crippen LogP contribution in [0.5, 0.6) is 5.88 Å². The molecular formula is C34H42F3N9O3. The van der Waals surface area contributed by atoms with Gasteiger partial charge in [0.15, 0.2) is 0 Å². The average Bonchev–Trinajstić information content (AvgIpc) is 3.54. The molecule has 2 unspecified atom stereocenters. The zero-order chi connectivity index (χ0) is 34.1. The molecule has 15 heteroatoms. The van der Waals surface area contributed by atoms with Crippen LogP contribution in [0.1, 0.15) is 60.4 Å². The summed E-state index contributed by atoms with van der Waals surface area (Å²) in [6, 6.07) is 5.36. The maximum atomic E-state index is 13.7. The highest BCUT2D eigenvalue weighted by Gasteiger charge is 2.37. The molecule has 3 saturated heterocycles. The van der Waals surface area contributed by atoms with Crippen LogP contribution < -0.4 is 25.2 Å². The van der Waals surface area contributed by atoms with Gasteiger partial charge in [-0.15, -0.1) is 0 Å². The molecule has 4 aliphatic heterocycles. The molecule has 0 bridgehead atoms.